The lowest BCUT2D eigenvalue weighted by Crippen LogP contribution is -2.44. The molecule has 3 amide bonds. The molecule has 0 spiro atoms. The van der Waals surface area contributed by atoms with Crippen LogP contribution in [0.1, 0.15) is 24.5 Å². The number of hydrogen-bond acceptors (Lipinski definition) is 5. The summed E-state index contributed by atoms with van der Waals surface area (Å²) in [5.74, 6) is -1.33. The van der Waals surface area contributed by atoms with Gasteiger partial charge < -0.3 is 15.5 Å². The number of hydrogen-bond donors (Lipinski definition) is 3. The van der Waals surface area contributed by atoms with E-state index in [9.17, 15) is 19.8 Å². The molecule has 0 radical (unpaired) electrons. The lowest BCUT2D eigenvalue weighted by molar-refractivity contribution is -0.130. The predicted molar refractivity (Wildman–Crippen MR) is 101 cm³/mol. The molecule has 1 heterocycles. The molecular weight excluding hydrogens is 370 g/mol. The van der Waals surface area contributed by atoms with Crippen molar-refractivity contribution >= 4 is 29.8 Å². The van der Waals surface area contributed by atoms with E-state index in [2.05, 4.69) is 10.4 Å². The molecule has 8 heteroatoms. The van der Waals surface area contributed by atoms with E-state index in [1.54, 1.807) is 6.92 Å². The molecule has 7 nitrogen and oxygen atoms in total. The lowest BCUT2D eigenvalue weighted by atomic mass is 9.93. The van der Waals surface area contributed by atoms with Gasteiger partial charge in [-0.1, -0.05) is 41.9 Å². The minimum atomic E-state index is -1.06. The third-order valence-corrected chi connectivity index (χ3v) is 4.67. The van der Waals surface area contributed by atoms with Crippen molar-refractivity contribution in [3.63, 3.8) is 0 Å². The van der Waals surface area contributed by atoms with E-state index in [0.29, 0.717) is 18.4 Å². The molecule has 1 atom stereocenters. The molecule has 1 fully saturated rings. The monoisotopic (exact) mass is 387 g/mol. The molecule has 1 aliphatic heterocycles. The van der Waals surface area contributed by atoms with Gasteiger partial charge in [-0.25, -0.2) is 4.79 Å². The second-order valence-corrected chi connectivity index (χ2v) is 6.89. The van der Waals surface area contributed by atoms with Gasteiger partial charge in [0.25, 0.3) is 5.91 Å². The van der Waals surface area contributed by atoms with Crippen LogP contribution in [0, 0.1) is 0 Å². The largest absolute Gasteiger partial charge is 0.504 e. The Hall–Kier alpha value is -3.06. The number of aromatic hydroxyl groups is 2. The molecule has 0 aliphatic carbocycles. The number of rotatable bonds is 5. The number of nitrogens with zero attached hydrogens (tertiary/aromatic N) is 2. The average molecular weight is 388 g/mol. The highest BCUT2D eigenvalue weighted by Gasteiger charge is 2.47. The van der Waals surface area contributed by atoms with Crippen LogP contribution in [-0.4, -0.2) is 38.9 Å². The zero-order valence-corrected chi connectivity index (χ0v) is 15.3. The van der Waals surface area contributed by atoms with E-state index in [4.69, 9.17) is 11.6 Å². The number of nitrogens with one attached hydrogen (secondary N) is 1. The SMILES string of the molecule is C[C@@]1(CCc2ccccc2)NC(=O)N(/N=C/c2cc(O)c(O)c(Cl)c2)C1=O. The van der Waals surface area contributed by atoms with Crippen LogP contribution in [0.15, 0.2) is 47.6 Å². The van der Waals surface area contributed by atoms with Crippen molar-refractivity contribution in [2.24, 2.45) is 5.10 Å². The number of phenolic OH excluding ortho intramolecular Hbond substituents is 2. The fourth-order valence-electron chi connectivity index (χ4n) is 2.79. The number of carbonyl (C=O) groups is 2. The van der Waals surface area contributed by atoms with Gasteiger partial charge in [-0.3, -0.25) is 4.79 Å². The Labute approximate surface area is 160 Å². The van der Waals surface area contributed by atoms with Gasteiger partial charge in [0.1, 0.15) is 5.54 Å². The van der Waals surface area contributed by atoms with Crippen molar-refractivity contribution in [2.75, 3.05) is 0 Å². The van der Waals surface area contributed by atoms with Gasteiger partial charge >= 0.3 is 6.03 Å². The number of amides is 3. The molecule has 2 aromatic rings. The first-order valence-corrected chi connectivity index (χ1v) is 8.64. The van der Waals surface area contributed by atoms with Crippen molar-refractivity contribution in [1.29, 1.82) is 0 Å². The fraction of sp³-hybridized carbons (Fsp3) is 0.211. The molecule has 0 unspecified atom stereocenters. The van der Waals surface area contributed by atoms with Crippen LogP contribution < -0.4 is 5.32 Å². The molecule has 1 saturated heterocycles. The van der Waals surface area contributed by atoms with Gasteiger partial charge in [0.15, 0.2) is 11.5 Å². The molecule has 3 N–H and O–H groups in total. The van der Waals surface area contributed by atoms with E-state index < -0.39 is 29.0 Å². The van der Waals surface area contributed by atoms with Crippen LogP contribution in [0.4, 0.5) is 4.79 Å². The zero-order valence-electron chi connectivity index (χ0n) is 14.5. The Bertz CT molecular complexity index is 893. The van der Waals surface area contributed by atoms with Gasteiger partial charge in [0.05, 0.1) is 11.2 Å². The third-order valence-electron chi connectivity index (χ3n) is 4.38. The highest BCUT2D eigenvalue weighted by molar-refractivity contribution is 6.32. The average Bonchev–Trinajstić information content (AvgIpc) is 2.86. The van der Waals surface area contributed by atoms with Crippen molar-refractivity contribution in [3.05, 3.63) is 58.6 Å². The Kier molecular flexibility index (Phi) is 5.05. The number of imide groups is 1. The molecule has 140 valence electrons. The van der Waals surface area contributed by atoms with Crippen LogP contribution >= 0.6 is 11.6 Å². The van der Waals surface area contributed by atoms with Gasteiger partial charge in [-0.05, 0) is 43.0 Å². The predicted octanol–water partition coefficient (Wildman–Crippen LogP) is 3.03. The minimum absolute atomic E-state index is 0.0682. The number of benzene rings is 2. The van der Waals surface area contributed by atoms with E-state index in [-0.39, 0.29) is 5.02 Å². The summed E-state index contributed by atoms with van der Waals surface area (Å²) in [4.78, 5) is 24.9. The Morgan fingerprint density at radius 3 is 2.59 bits per heavy atom. The van der Waals surface area contributed by atoms with Gasteiger partial charge in [0.2, 0.25) is 0 Å². The molecule has 0 saturated carbocycles. The molecule has 27 heavy (non-hydrogen) atoms. The second kappa shape index (κ2) is 7.28. The summed E-state index contributed by atoms with van der Waals surface area (Å²) in [7, 11) is 0. The number of urea groups is 1. The van der Waals surface area contributed by atoms with Crippen molar-refractivity contribution in [3.8, 4) is 11.5 Å². The first-order valence-electron chi connectivity index (χ1n) is 8.26. The van der Waals surface area contributed by atoms with Crippen LogP contribution in [-0.2, 0) is 11.2 Å². The summed E-state index contributed by atoms with van der Waals surface area (Å²) in [6.07, 6.45) is 2.27. The van der Waals surface area contributed by atoms with E-state index >= 15 is 0 Å². The second-order valence-electron chi connectivity index (χ2n) is 6.48. The Morgan fingerprint density at radius 1 is 1.22 bits per heavy atom. The van der Waals surface area contributed by atoms with Crippen LogP contribution in [0.25, 0.3) is 0 Å². The van der Waals surface area contributed by atoms with E-state index in [1.807, 2.05) is 30.3 Å². The quantitative estimate of drug-likeness (QED) is 0.417. The highest BCUT2D eigenvalue weighted by atomic mass is 35.5. The first kappa shape index (κ1) is 18.7. The normalized spacial score (nSPS) is 19.7. The van der Waals surface area contributed by atoms with Crippen LogP contribution in [0.5, 0.6) is 11.5 Å². The minimum Gasteiger partial charge on any atom is -0.504 e. The van der Waals surface area contributed by atoms with Gasteiger partial charge in [-0.2, -0.15) is 5.10 Å². The number of halogens is 1. The van der Waals surface area contributed by atoms with Crippen LogP contribution in [0.3, 0.4) is 0 Å². The summed E-state index contributed by atoms with van der Waals surface area (Å²) in [5.41, 5.74) is 0.338. The maximum absolute atomic E-state index is 12.7. The zero-order chi connectivity index (χ0) is 19.6. The summed E-state index contributed by atoms with van der Waals surface area (Å²) in [5, 5.41) is 26.3. The first-order chi connectivity index (χ1) is 12.8. The molecular formula is C19H18ClN3O4. The molecule has 0 bridgehead atoms. The summed E-state index contributed by atoms with van der Waals surface area (Å²) in [6, 6.07) is 11.6. The smallest absolute Gasteiger partial charge is 0.346 e. The van der Waals surface area contributed by atoms with Crippen LogP contribution in [0.2, 0.25) is 5.02 Å². The highest BCUT2D eigenvalue weighted by Crippen LogP contribution is 2.33. The molecule has 0 aromatic heterocycles. The van der Waals surface area contributed by atoms with E-state index in [0.717, 1.165) is 10.6 Å². The van der Waals surface area contributed by atoms with Gasteiger partial charge in [-0.15, -0.1) is 5.01 Å². The number of carbonyl (C=O) groups excluding carboxylic acids is 2. The summed E-state index contributed by atoms with van der Waals surface area (Å²) >= 11 is 5.79. The Morgan fingerprint density at radius 2 is 1.93 bits per heavy atom. The topological polar surface area (TPSA) is 102 Å². The number of hydrazone groups is 1. The lowest BCUT2D eigenvalue weighted by Gasteiger charge is -2.20. The maximum Gasteiger partial charge on any atom is 0.346 e. The van der Waals surface area contributed by atoms with Gasteiger partial charge in [0, 0.05) is 0 Å². The van der Waals surface area contributed by atoms with Crippen molar-refractivity contribution < 1.29 is 19.8 Å². The number of aryl methyl sites for hydroxylation is 1. The molecule has 2 aromatic carbocycles. The van der Waals surface area contributed by atoms with E-state index in [1.165, 1.54) is 18.3 Å². The third kappa shape index (κ3) is 3.88. The molecule has 1 aliphatic rings. The van der Waals surface area contributed by atoms with Crippen molar-refractivity contribution in [1.82, 2.24) is 10.3 Å². The molecule has 3 rings (SSSR count). The Balaban J connectivity index is 1.73. The standard InChI is InChI=1S/C19H18ClN3O4/c1-19(8-7-12-5-3-2-4-6-12)17(26)23(18(27)22-19)21-11-13-9-14(20)16(25)15(24)10-13/h2-6,9-11,24-25H,7-8H2,1H3,(H,22,27)/b21-11+/t19-/m0/s1. The summed E-state index contributed by atoms with van der Waals surface area (Å²) in [6.45, 7) is 1.66. The maximum atomic E-state index is 12.7. The van der Waals surface area contributed by atoms with Crippen molar-refractivity contribution in [2.45, 2.75) is 25.3 Å². The fourth-order valence-corrected chi connectivity index (χ4v) is 3.01. The number of phenols is 2. The summed E-state index contributed by atoms with van der Waals surface area (Å²) < 4.78 is 0.